The zero-order valence-electron chi connectivity index (χ0n) is 17.7. The lowest BCUT2D eigenvalue weighted by atomic mass is 10.0. The van der Waals surface area contributed by atoms with Gasteiger partial charge < -0.3 is 9.88 Å². The van der Waals surface area contributed by atoms with Gasteiger partial charge in [-0.25, -0.2) is 18.4 Å². The fourth-order valence-corrected chi connectivity index (χ4v) is 5.91. The molecule has 3 aromatic rings. The van der Waals surface area contributed by atoms with Crippen LogP contribution in [0.15, 0.2) is 59.7 Å². The highest BCUT2D eigenvalue weighted by Crippen LogP contribution is 2.26. The summed E-state index contributed by atoms with van der Waals surface area (Å²) in [6.07, 6.45) is 5.66. The summed E-state index contributed by atoms with van der Waals surface area (Å²) in [6, 6.07) is 12.5. The maximum absolute atomic E-state index is 13.0. The first-order chi connectivity index (χ1) is 15.3. The first-order valence-electron chi connectivity index (χ1n) is 10.6. The second-order valence-electron chi connectivity index (χ2n) is 8.03. The van der Waals surface area contributed by atoms with Crippen LogP contribution in [0.2, 0.25) is 5.02 Å². The van der Waals surface area contributed by atoms with E-state index in [1.54, 1.807) is 29.1 Å². The van der Waals surface area contributed by atoms with Gasteiger partial charge in [0.15, 0.2) is 9.84 Å². The Bertz CT molecular complexity index is 1280. The monoisotopic (exact) mass is 472 g/mol. The number of halogens is 1. The Kier molecular flexibility index (Phi) is 6.62. The van der Waals surface area contributed by atoms with Gasteiger partial charge in [0.2, 0.25) is 5.95 Å². The topological polar surface area (TPSA) is 93.9 Å². The Morgan fingerprint density at radius 2 is 2.09 bits per heavy atom. The summed E-state index contributed by atoms with van der Waals surface area (Å²) >= 11 is 6.17. The average Bonchev–Trinajstić information content (AvgIpc) is 3.10. The highest BCUT2D eigenvalue weighted by atomic mass is 35.5. The van der Waals surface area contributed by atoms with Crippen molar-refractivity contribution < 1.29 is 8.42 Å². The molecule has 1 unspecified atom stereocenters. The Labute approximate surface area is 192 Å². The fraction of sp³-hybridized carbons (Fsp3) is 0.348. The predicted octanol–water partition coefficient (Wildman–Crippen LogP) is 3.95. The van der Waals surface area contributed by atoms with Crippen LogP contribution in [0, 0.1) is 0 Å². The fourth-order valence-electron chi connectivity index (χ4n) is 4.04. The predicted molar refractivity (Wildman–Crippen MR) is 127 cm³/mol. The van der Waals surface area contributed by atoms with Crippen LogP contribution in [0.25, 0.3) is 11.3 Å². The van der Waals surface area contributed by atoms with Crippen molar-refractivity contribution >= 4 is 27.4 Å². The minimum Gasteiger partial charge on any atom is -0.350 e. The molecule has 0 radical (unpaired) electrons. The highest BCUT2D eigenvalue weighted by Gasteiger charge is 2.28. The van der Waals surface area contributed by atoms with Crippen LogP contribution in [-0.4, -0.2) is 40.5 Å². The third-order valence-electron chi connectivity index (χ3n) is 5.60. The van der Waals surface area contributed by atoms with Crippen molar-refractivity contribution in [3.05, 3.63) is 75.8 Å². The molecule has 0 amide bonds. The zero-order valence-corrected chi connectivity index (χ0v) is 19.3. The molecule has 0 aliphatic carbocycles. The second kappa shape index (κ2) is 9.42. The molecule has 0 saturated carbocycles. The molecule has 168 valence electrons. The molecule has 2 aromatic heterocycles. The van der Waals surface area contributed by atoms with E-state index in [9.17, 15) is 13.2 Å². The number of sulfone groups is 1. The van der Waals surface area contributed by atoms with Crippen molar-refractivity contribution in [3.63, 3.8) is 0 Å². The number of benzene rings is 1. The van der Waals surface area contributed by atoms with E-state index >= 15 is 0 Å². The molecule has 1 saturated heterocycles. The van der Waals surface area contributed by atoms with Gasteiger partial charge in [-0.15, -0.1) is 0 Å². The van der Waals surface area contributed by atoms with E-state index in [-0.39, 0.29) is 29.1 Å². The minimum absolute atomic E-state index is 0.0823. The lowest BCUT2D eigenvalue weighted by Gasteiger charge is -2.20. The quantitative estimate of drug-likeness (QED) is 0.559. The molecule has 1 N–H and O–H groups in total. The molecule has 9 heteroatoms. The molecule has 2 atom stereocenters. The zero-order chi connectivity index (χ0) is 22.7. The Hall–Kier alpha value is -2.71. The SMILES string of the molecule is CCC[C@H](c1cccc(Cl)c1)n1ccc(-c2ccnc(NC3CCS(=O)(=O)C3)n2)cc1=O. The van der Waals surface area contributed by atoms with E-state index in [0.717, 1.165) is 18.4 Å². The van der Waals surface area contributed by atoms with Gasteiger partial charge in [0, 0.05) is 35.1 Å². The molecule has 0 bridgehead atoms. The second-order valence-corrected chi connectivity index (χ2v) is 10.7. The van der Waals surface area contributed by atoms with E-state index in [1.165, 1.54) is 0 Å². The van der Waals surface area contributed by atoms with Gasteiger partial charge in [0.1, 0.15) is 0 Å². The van der Waals surface area contributed by atoms with Gasteiger partial charge in [-0.1, -0.05) is 37.1 Å². The van der Waals surface area contributed by atoms with Crippen molar-refractivity contribution in [2.75, 3.05) is 16.8 Å². The van der Waals surface area contributed by atoms with Crippen molar-refractivity contribution in [2.24, 2.45) is 0 Å². The number of aromatic nitrogens is 3. The molecular formula is C23H25ClN4O3S. The van der Waals surface area contributed by atoms with E-state index in [2.05, 4.69) is 22.2 Å². The molecule has 1 aromatic carbocycles. The third-order valence-corrected chi connectivity index (χ3v) is 7.60. The highest BCUT2D eigenvalue weighted by molar-refractivity contribution is 7.91. The smallest absolute Gasteiger partial charge is 0.251 e. The number of rotatable bonds is 7. The molecule has 4 rings (SSSR count). The van der Waals surface area contributed by atoms with Crippen molar-refractivity contribution in [2.45, 2.75) is 38.3 Å². The van der Waals surface area contributed by atoms with E-state index in [1.807, 2.05) is 30.3 Å². The van der Waals surface area contributed by atoms with Gasteiger partial charge in [-0.2, -0.15) is 0 Å². The molecule has 1 aliphatic heterocycles. The molecule has 1 aliphatic rings. The van der Waals surface area contributed by atoms with Crippen LogP contribution in [0.4, 0.5) is 5.95 Å². The summed E-state index contributed by atoms with van der Waals surface area (Å²) in [5, 5.41) is 3.74. The molecule has 1 fully saturated rings. The van der Waals surface area contributed by atoms with Crippen molar-refractivity contribution in [1.82, 2.24) is 14.5 Å². The lowest BCUT2D eigenvalue weighted by molar-refractivity contribution is 0.518. The molecule has 32 heavy (non-hydrogen) atoms. The van der Waals surface area contributed by atoms with Gasteiger partial charge in [0.25, 0.3) is 5.56 Å². The summed E-state index contributed by atoms with van der Waals surface area (Å²) in [6.45, 7) is 2.09. The van der Waals surface area contributed by atoms with Gasteiger partial charge in [-0.05, 0) is 42.7 Å². The number of hydrogen-bond donors (Lipinski definition) is 1. The minimum atomic E-state index is -3.00. The lowest BCUT2D eigenvalue weighted by Crippen LogP contribution is -2.24. The summed E-state index contributed by atoms with van der Waals surface area (Å²) < 4.78 is 25.1. The van der Waals surface area contributed by atoms with E-state index < -0.39 is 9.84 Å². The first-order valence-corrected chi connectivity index (χ1v) is 12.8. The number of hydrogen-bond acceptors (Lipinski definition) is 6. The van der Waals surface area contributed by atoms with Crippen molar-refractivity contribution in [3.8, 4) is 11.3 Å². The molecule has 0 spiro atoms. The van der Waals surface area contributed by atoms with Crippen LogP contribution in [-0.2, 0) is 9.84 Å². The van der Waals surface area contributed by atoms with Crippen molar-refractivity contribution in [1.29, 1.82) is 0 Å². The van der Waals surface area contributed by atoms with E-state index in [0.29, 0.717) is 28.6 Å². The number of pyridine rings is 1. The van der Waals surface area contributed by atoms with Crippen LogP contribution < -0.4 is 10.9 Å². The summed E-state index contributed by atoms with van der Waals surface area (Å²) in [5.74, 6) is 0.615. The summed E-state index contributed by atoms with van der Waals surface area (Å²) in [4.78, 5) is 21.7. The number of nitrogens with zero attached hydrogens (tertiary/aromatic N) is 3. The largest absolute Gasteiger partial charge is 0.350 e. The summed E-state index contributed by atoms with van der Waals surface area (Å²) in [5.41, 5.74) is 2.14. The molecule has 7 nitrogen and oxygen atoms in total. The van der Waals surface area contributed by atoms with Crippen LogP contribution in [0.3, 0.4) is 0 Å². The standard InChI is InChI=1S/C23H25ClN4O3S/c1-2-4-21(17-5-3-6-18(24)13-17)28-11-8-16(14-22(28)29)20-7-10-25-23(27-20)26-19-9-12-32(30,31)15-19/h3,5-8,10-11,13-14,19,21H,2,4,9,12,15H2,1H3,(H,25,26,27)/t19?,21-/m1/s1. The maximum atomic E-state index is 13.0. The normalized spacial score (nSPS) is 18.4. The molecular weight excluding hydrogens is 448 g/mol. The first kappa shape index (κ1) is 22.5. The van der Waals surface area contributed by atoms with Crippen LogP contribution in [0.5, 0.6) is 0 Å². The number of nitrogens with one attached hydrogen (secondary N) is 1. The van der Waals surface area contributed by atoms with E-state index in [4.69, 9.17) is 11.6 Å². The Morgan fingerprint density at radius 1 is 1.25 bits per heavy atom. The maximum Gasteiger partial charge on any atom is 0.251 e. The number of anilines is 1. The van der Waals surface area contributed by atoms with Crippen LogP contribution >= 0.6 is 11.6 Å². The Morgan fingerprint density at radius 3 is 2.78 bits per heavy atom. The van der Waals surface area contributed by atoms with Gasteiger partial charge >= 0.3 is 0 Å². The van der Waals surface area contributed by atoms with Crippen LogP contribution in [0.1, 0.15) is 37.8 Å². The average molecular weight is 473 g/mol. The Balaban J connectivity index is 1.60. The van der Waals surface area contributed by atoms with Gasteiger partial charge in [-0.3, -0.25) is 4.79 Å². The van der Waals surface area contributed by atoms with Gasteiger partial charge in [0.05, 0.1) is 23.2 Å². The third kappa shape index (κ3) is 5.19. The summed E-state index contributed by atoms with van der Waals surface area (Å²) in [7, 11) is -3.00. The molecule has 3 heterocycles.